The predicted molar refractivity (Wildman–Crippen MR) is 83.9 cm³/mol. The van der Waals surface area contributed by atoms with Crippen LogP contribution in [0.1, 0.15) is 11.1 Å². The van der Waals surface area contributed by atoms with Crippen molar-refractivity contribution in [1.29, 1.82) is 0 Å². The Bertz CT molecular complexity index is 875. The van der Waals surface area contributed by atoms with Crippen LogP contribution in [0.4, 0.5) is 0 Å². The molecule has 0 N–H and O–H groups in total. The van der Waals surface area contributed by atoms with Crippen molar-refractivity contribution >= 4 is 11.0 Å². The van der Waals surface area contributed by atoms with Gasteiger partial charge in [0.2, 0.25) is 0 Å². The van der Waals surface area contributed by atoms with E-state index < -0.39 is 0 Å². The molecule has 3 nitrogen and oxygen atoms in total. The molecule has 3 heteroatoms. The van der Waals surface area contributed by atoms with Crippen LogP contribution in [0.5, 0.6) is 5.75 Å². The van der Waals surface area contributed by atoms with Crippen LogP contribution < -0.4 is 10.2 Å². The fourth-order valence-corrected chi connectivity index (χ4v) is 2.33. The van der Waals surface area contributed by atoms with Crippen molar-refractivity contribution < 1.29 is 9.15 Å². The molecule has 1 heterocycles. The topological polar surface area (TPSA) is 39.4 Å². The van der Waals surface area contributed by atoms with E-state index in [9.17, 15) is 4.79 Å². The number of hydrogen-bond donors (Lipinski definition) is 0. The third-order valence-corrected chi connectivity index (χ3v) is 3.70. The predicted octanol–water partition coefficient (Wildman–Crippen LogP) is 4.09. The first-order valence-corrected chi connectivity index (χ1v) is 6.78. The largest absolute Gasteiger partial charge is 0.497 e. The molecule has 0 amide bonds. The van der Waals surface area contributed by atoms with E-state index in [0.717, 1.165) is 22.4 Å². The van der Waals surface area contributed by atoms with E-state index in [2.05, 4.69) is 0 Å². The van der Waals surface area contributed by atoms with Gasteiger partial charge in [0.15, 0.2) is 5.43 Å². The monoisotopic (exact) mass is 280 g/mol. The summed E-state index contributed by atoms with van der Waals surface area (Å²) in [7, 11) is 1.61. The Balaban J connectivity index is 2.24. The van der Waals surface area contributed by atoms with Gasteiger partial charge in [-0.1, -0.05) is 12.1 Å². The minimum Gasteiger partial charge on any atom is -0.497 e. The molecule has 0 aliphatic rings. The van der Waals surface area contributed by atoms with Crippen molar-refractivity contribution in [3.05, 3.63) is 63.8 Å². The molecular formula is C18H16O3. The van der Waals surface area contributed by atoms with Crippen molar-refractivity contribution in [3.63, 3.8) is 0 Å². The van der Waals surface area contributed by atoms with Crippen LogP contribution in [0, 0.1) is 13.8 Å². The lowest BCUT2D eigenvalue weighted by Gasteiger charge is -2.07. The maximum Gasteiger partial charge on any atom is 0.193 e. The zero-order chi connectivity index (χ0) is 15.0. The standard InChI is InChI=1S/C18H16O3/c1-11-7-15-16(19)10-17(21-18(15)8-12(11)2)13-5-4-6-14(9-13)20-3/h4-10H,1-3H3. The zero-order valence-electron chi connectivity index (χ0n) is 12.3. The second-order valence-electron chi connectivity index (χ2n) is 5.14. The third kappa shape index (κ3) is 2.42. The van der Waals surface area contributed by atoms with Gasteiger partial charge in [-0.25, -0.2) is 0 Å². The van der Waals surface area contributed by atoms with Gasteiger partial charge in [0, 0.05) is 11.6 Å². The minimum absolute atomic E-state index is 0.0304. The molecule has 3 rings (SSSR count). The van der Waals surface area contributed by atoms with Crippen molar-refractivity contribution in [3.8, 4) is 17.1 Å². The van der Waals surface area contributed by atoms with Gasteiger partial charge in [-0.3, -0.25) is 4.79 Å². The molecule has 0 saturated heterocycles. The summed E-state index contributed by atoms with van der Waals surface area (Å²) < 4.78 is 11.1. The molecule has 0 spiro atoms. The van der Waals surface area contributed by atoms with E-state index in [1.54, 1.807) is 7.11 Å². The zero-order valence-corrected chi connectivity index (χ0v) is 12.3. The quantitative estimate of drug-likeness (QED) is 0.710. The maximum atomic E-state index is 12.3. The lowest BCUT2D eigenvalue weighted by Crippen LogP contribution is -2.01. The van der Waals surface area contributed by atoms with Gasteiger partial charge in [0.05, 0.1) is 12.5 Å². The van der Waals surface area contributed by atoms with Crippen molar-refractivity contribution in [1.82, 2.24) is 0 Å². The highest BCUT2D eigenvalue weighted by atomic mass is 16.5. The summed E-state index contributed by atoms with van der Waals surface area (Å²) in [6.45, 7) is 4.00. The van der Waals surface area contributed by atoms with E-state index in [1.807, 2.05) is 50.2 Å². The van der Waals surface area contributed by atoms with Crippen LogP contribution in [-0.4, -0.2) is 7.11 Å². The summed E-state index contributed by atoms with van der Waals surface area (Å²) in [6, 6.07) is 12.8. The fourth-order valence-electron chi connectivity index (χ4n) is 2.33. The molecule has 0 radical (unpaired) electrons. The first-order chi connectivity index (χ1) is 10.1. The van der Waals surface area contributed by atoms with Crippen LogP contribution in [0.25, 0.3) is 22.3 Å². The molecule has 0 aliphatic carbocycles. The van der Waals surface area contributed by atoms with Crippen molar-refractivity contribution in [2.24, 2.45) is 0 Å². The molecule has 3 aromatic rings. The van der Waals surface area contributed by atoms with E-state index >= 15 is 0 Å². The highest BCUT2D eigenvalue weighted by Crippen LogP contribution is 2.26. The van der Waals surface area contributed by atoms with E-state index in [1.165, 1.54) is 6.07 Å². The number of aryl methyl sites for hydroxylation is 2. The number of benzene rings is 2. The van der Waals surface area contributed by atoms with Crippen LogP contribution in [0.3, 0.4) is 0 Å². The Morgan fingerprint density at radius 3 is 2.52 bits per heavy atom. The van der Waals surface area contributed by atoms with Crippen LogP contribution >= 0.6 is 0 Å². The summed E-state index contributed by atoms with van der Waals surface area (Å²) in [4.78, 5) is 12.3. The Kier molecular flexibility index (Phi) is 3.26. The Morgan fingerprint density at radius 1 is 1.00 bits per heavy atom. The molecule has 0 bridgehead atoms. The molecule has 21 heavy (non-hydrogen) atoms. The summed E-state index contributed by atoms with van der Waals surface area (Å²) in [6.07, 6.45) is 0. The van der Waals surface area contributed by atoms with Gasteiger partial charge in [0.25, 0.3) is 0 Å². The number of fused-ring (bicyclic) bond motifs is 1. The molecular weight excluding hydrogens is 264 g/mol. The maximum absolute atomic E-state index is 12.3. The molecule has 0 saturated carbocycles. The van der Waals surface area contributed by atoms with Gasteiger partial charge >= 0.3 is 0 Å². The van der Waals surface area contributed by atoms with E-state index in [0.29, 0.717) is 16.7 Å². The second kappa shape index (κ2) is 5.09. The van der Waals surface area contributed by atoms with Gasteiger partial charge in [0.1, 0.15) is 17.1 Å². The lowest BCUT2D eigenvalue weighted by molar-refractivity contribution is 0.415. The van der Waals surface area contributed by atoms with E-state index in [4.69, 9.17) is 9.15 Å². The first kappa shape index (κ1) is 13.4. The summed E-state index contributed by atoms with van der Waals surface area (Å²) in [5.41, 5.74) is 3.60. The fraction of sp³-hybridized carbons (Fsp3) is 0.167. The normalized spacial score (nSPS) is 10.8. The molecule has 0 atom stereocenters. The van der Waals surface area contributed by atoms with Crippen molar-refractivity contribution in [2.45, 2.75) is 13.8 Å². The van der Waals surface area contributed by atoms with Crippen molar-refractivity contribution in [2.75, 3.05) is 7.11 Å². The molecule has 0 unspecified atom stereocenters. The SMILES string of the molecule is COc1cccc(-c2cc(=O)c3cc(C)c(C)cc3o2)c1. The minimum atomic E-state index is -0.0304. The summed E-state index contributed by atoms with van der Waals surface area (Å²) in [5.74, 6) is 1.28. The number of methoxy groups -OCH3 is 1. The Hall–Kier alpha value is -2.55. The Morgan fingerprint density at radius 2 is 1.76 bits per heavy atom. The lowest BCUT2D eigenvalue weighted by atomic mass is 10.1. The second-order valence-corrected chi connectivity index (χ2v) is 5.14. The summed E-state index contributed by atoms with van der Waals surface area (Å²) >= 11 is 0. The van der Waals surface area contributed by atoms with E-state index in [-0.39, 0.29) is 5.43 Å². The third-order valence-electron chi connectivity index (χ3n) is 3.70. The molecule has 1 aromatic heterocycles. The van der Waals surface area contributed by atoms with Gasteiger partial charge in [-0.05, 0) is 49.2 Å². The smallest absolute Gasteiger partial charge is 0.193 e. The number of ether oxygens (including phenoxy) is 1. The molecule has 2 aromatic carbocycles. The highest BCUT2D eigenvalue weighted by molar-refractivity contribution is 5.80. The van der Waals surface area contributed by atoms with Crippen LogP contribution in [-0.2, 0) is 0 Å². The highest BCUT2D eigenvalue weighted by Gasteiger charge is 2.09. The molecule has 0 fully saturated rings. The van der Waals surface area contributed by atoms with Gasteiger partial charge in [-0.15, -0.1) is 0 Å². The first-order valence-electron chi connectivity index (χ1n) is 6.78. The van der Waals surface area contributed by atoms with Gasteiger partial charge in [-0.2, -0.15) is 0 Å². The molecule has 0 aliphatic heterocycles. The van der Waals surface area contributed by atoms with Crippen LogP contribution in [0.2, 0.25) is 0 Å². The van der Waals surface area contributed by atoms with Crippen LogP contribution in [0.15, 0.2) is 51.7 Å². The molecule has 106 valence electrons. The Labute approximate surface area is 122 Å². The average molecular weight is 280 g/mol. The average Bonchev–Trinajstić information content (AvgIpc) is 2.49. The number of hydrogen-bond acceptors (Lipinski definition) is 3. The number of rotatable bonds is 2. The summed E-state index contributed by atoms with van der Waals surface area (Å²) in [5, 5.41) is 0.616. The van der Waals surface area contributed by atoms with Gasteiger partial charge < -0.3 is 9.15 Å².